The number of para-hydroxylation sites is 1. The third kappa shape index (κ3) is 2.40. The summed E-state index contributed by atoms with van der Waals surface area (Å²) in [4.78, 5) is 16.6. The third-order valence-corrected chi connectivity index (χ3v) is 3.66. The lowest BCUT2D eigenvalue weighted by Gasteiger charge is -2.07. The zero-order valence-corrected chi connectivity index (χ0v) is 12.8. The Hall–Kier alpha value is -2.53. The molecule has 1 aliphatic rings. The first-order chi connectivity index (χ1) is 10.6. The van der Waals surface area contributed by atoms with Crippen molar-refractivity contribution in [1.29, 1.82) is 0 Å². The number of benzene rings is 2. The summed E-state index contributed by atoms with van der Waals surface area (Å²) < 4.78 is 10.5. The molecule has 0 saturated heterocycles. The van der Waals surface area contributed by atoms with Gasteiger partial charge in [0, 0.05) is 11.6 Å². The molecule has 0 unspecified atom stereocenters. The number of amides is 1. The highest BCUT2D eigenvalue weighted by Crippen LogP contribution is 2.36. The van der Waals surface area contributed by atoms with Crippen molar-refractivity contribution in [3.8, 4) is 11.5 Å². The van der Waals surface area contributed by atoms with Gasteiger partial charge in [-0.15, -0.1) is 0 Å². The molecule has 0 radical (unpaired) electrons. The number of rotatable bonds is 3. The fraction of sp³-hybridized carbons (Fsp3) is 0.125. The van der Waals surface area contributed by atoms with E-state index >= 15 is 0 Å². The van der Waals surface area contributed by atoms with Crippen molar-refractivity contribution in [3.05, 3.63) is 47.0 Å². The van der Waals surface area contributed by atoms with Gasteiger partial charge in [0.05, 0.1) is 24.9 Å². The highest BCUT2D eigenvalue weighted by molar-refractivity contribution is 6.55. The van der Waals surface area contributed by atoms with Crippen LogP contribution in [-0.4, -0.2) is 25.8 Å². The molecule has 0 spiro atoms. The highest BCUT2D eigenvalue weighted by Gasteiger charge is 2.28. The van der Waals surface area contributed by atoms with Crippen LogP contribution in [0.2, 0.25) is 5.02 Å². The van der Waals surface area contributed by atoms with Gasteiger partial charge in [-0.05, 0) is 18.2 Å². The Bertz CT molecular complexity index is 787. The molecule has 112 valence electrons. The highest BCUT2D eigenvalue weighted by atomic mass is 35.5. The first-order valence-corrected chi connectivity index (χ1v) is 6.93. The minimum absolute atomic E-state index is 0.295. The Morgan fingerprint density at radius 1 is 1.14 bits per heavy atom. The zero-order chi connectivity index (χ0) is 15.7. The van der Waals surface area contributed by atoms with Crippen LogP contribution in [0.5, 0.6) is 11.5 Å². The molecule has 3 rings (SSSR count). The van der Waals surface area contributed by atoms with Crippen LogP contribution in [-0.2, 0) is 4.79 Å². The molecule has 2 aromatic rings. The molecule has 1 amide bonds. The van der Waals surface area contributed by atoms with Crippen molar-refractivity contribution in [2.45, 2.75) is 0 Å². The summed E-state index contributed by atoms with van der Waals surface area (Å²) in [6.07, 6.45) is 0. The van der Waals surface area contributed by atoms with Crippen molar-refractivity contribution < 1.29 is 14.3 Å². The molecule has 1 heterocycles. The second-order valence-corrected chi connectivity index (χ2v) is 5.02. The summed E-state index contributed by atoms with van der Waals surface area (Å²) in [5.41, 5.74) is 2.06. The summed E-state index contributed by atoms with van der Waals surface area (Å²) in [6.45, 7) is 0. The number of methoxy groups -OCH3 is 2. The van der Waals surface area contributed by atoms with Gasteiger partial charge in [0.15, 0.2) is 0 Å². The number of hydrogen-bond donors (Lipinski definition) is 1. The van der Waals surface area contributed by atoms with Crippen LogP contribution in [0.4, 0.5) is 11.4 Å². The van der Waals surface area contributed by atoms with E-state index < -0.39 is 0 Å². The van der Waals surface area contributed by atoms with Crippen LogP contribution < -0.4 is 14.8 Å². The van der Waals surface area contributed by atoms with Crippen molar-refractivity contribution in [3.63, 3.8) is 0 Å². The number of halogens is 1. The van der Waals surface area contributed by atoms with E-state index in [9.17, 15) is 4.79 Å². The smallest absolute Gasteiger partial charge is 0.275 e. The fourth-order valence-electron chi connectivity index (χ4n) is 2.26. The van der Waals surface area contributed by atoms with Crippen LogP contribution >= 0.6 is 11.6 Å². The van der Waals surface area contributed by atoms with Crippen LogP contribution in [0.15, 0.2) is 41.4 Å². The number of ether oxygens (including phenoxy) is 2. The fourth-order valence-corrected chi connectivity index (χ4v) is 2.48. The number of aliphatic imine (C=N–C) groups is 1. The Balaban J connectivity index is 2.14. The van der Waals surface area contributed by atoms with Gasteiger partial charge in [0.1, 0.15) is 22.9 Å². The predicted octanol–water partition coefficient (Wildman–Crippen LogP) is 3.43. The topological polar surface area (TPSA) is 59.9 Å². The van der Waals surface area contributed by atoms with E-state index in [1.54, 1.807) is 50.6 Å². The van der Waals surface area contributed by atoms with Crippen LogP contribution in [0.3, 0.4) is 0 Å². The first-order valence-electron chi connectivity index (χ1n) is 6.55. The summed E-state index contributed by atoms with van der Waals surface area (Å²) in [5.74, 6) is 0.884. The summed E-state index contributed by atoms with van der Waals surface area (Å²) in [7, 11) is 3.11. The molecule has 0 atom stereocenters. The maximum atomic E-state index is 12.2. The zero-order valence-electron chi connectivity index (χ0n) is 12.0. The molecular weight excluding hydrogens is 304 g/mol. The maximum Gasteiger partial charge on any atom is 0.275 e. The van der Waals surface area contributed by atoms with E-state index in [2.05, 4.69) is 10.3 Å². The van der Waals surface area contributed by atoms with Gasteiger partial charge in [0.25, 0.3) is 5.91 Å². The average molecular weight is 317 g/mol. The number of nitrogens with zero attached hydrogens (tertiary/aromatic N) is 1. The minimum Gasteiger partial charge on any atom is -0.497 e. The van der Waals surface area contributed by atoms with Gasteiger partial charge < -0.3 is 14.8 Å². The lowest BCUT2D eigenvalue weighted by Crippen LogP contribution is -2.14. The molecule has 2 aromatic carbocycles. The quantitative estimate of drug-likeness (QED) is 0.943. The number of anilines is 1. The molecule has 1 N–H and O–H groups in total. The molecule has 22 heavy (non-hydrogen) atoms. The van der Waals surface area contributed by atoms with Gasteiger partial charge >= 0.3 is 0 Å². The number of fused-ring (bicyclic) bond motifs is 1. The largest absolute Gasteiger partial charge is 0.497 e. The molecule has 5 nitrogen and oxygen atoms in total. The van der Waals surface area contributed by atoms with Crippen LogP contribution in [0.1, 0.15) is 5.56 Å². The van der Waals surface area contributed by atoms with E-state index in [1.807, 2.05) is 0 Å². The van der Waals surface area contributed by atoms with Crippen molar-refractivity contribution >= 4 is 34.6 Å². The Morgan fingerprint density at radius 3 is 2.68 bits per heavy atom. The van der Waals surface area contributed by atoms with E-state index in [-0.39, 0.29) is 5.91 Å². The van der Waals surface area contributed by atoms with Gasteiger partial charge in [-0.2, -0.15) is 0 Å². The number of carbonyl (C=O) groups excluding carboxylic acids is 1. The molecule has 6 heteroatoms. The molecular formula is C16H13ClN2O3. The van der Waals surface area contributed by atoms with Gasteiger partial charge in [-0.25, -0.2) is 4.99 Å². The van der Waals surface area contributed by atoms with E-state index in [1.165, 1.54) is 0 Å². The predicted molar refractivity (Wildman–Crippen MR) is 85.8 cm³/mol. The number of carbonyl (C=O) groups is 1. The SMILES string of the molecule is COc1ccc(OC)c(N=C2C(=O)Nc3c(Cl)cccc32)c1. The minimum atomic E-state index is -0.298. The van der Waals surface area contributed by atoms with Crippen LogP contribution in [0, 0.1) is 0 Å². The van der Waals surface area contributed by atoms with E-state index in [4.69, 9.17) is 21.1 Å². The lowest BCUT2D eigenvalue weighted by molar-refractivity contribution is -0.110. The Labute approximate surface area is 132 Å². The Morgan fingerprint density at radius 2 is 1.95 bits per heavy atom. The van der Waals surface area contributed by atoms with Crippen molar-refractivity contribution in [2.75, 3.05) is 19.5 Å². The lowest BCUT2D eigenvalue weighted by atomic mass is 10.1. The maximum absolute atomic E-state index is 12.2. The van der Waals surface area contributed by atoms with E-state index in [0.717, 1.165) is 0 Å². The standard InChI is InChI=1S/C16H13ClN2O3/c1-21-9-6-7-13(22-2)12(8-9)18-15-10-4-3-5-11(17)14(10)19-16(15)20/h3-8H,1-2H3,(H,18,19,20). The molecule has 1 aliphatic heterocycles. The van der Waals surface area contributed by atoms with Crippen molar-refractivity contribution in [1.82, 2.24) is 0 Å². The summed E-state index contributed by atoms with van der Waals surface area (Å²) in [5, 5.41) is 3.21. The third-order valence-electron chi connectivity index (χ3n) is 3.34. The van der Waals surface area contributed by atoms with E-state index in [0.29, 0.717) is 39.2 Å². The Kier molecular flexibility index (Phi) is 3.73. The second-order valence-electron chi connectivity index (χ2n) is 4.61. The normalized spacial score (nSPS) is 14.7. The first kappa shape index (κ1) is 14.4. The summed E-state index contributed by atoms with van der Waals surface area (Å²) >= 11 is 6.10. The average Bonchev–Trinajstić information content (AvgIpc) is 2.85. The molecule has 0 saturated carbocycles. The molecule has 0 bridgehead atoms. The molecule has 0 aromatic heterocycles. The van der Waals surface area contributed by atoms with Gasteiger partial charge in [-0.1, -0.05) is 23.7 Å². The second kappa shape index (κ2) is 5.69. The van der Waals surface area contributed by atoms with Gasteiger partial charge in [0.2, 0.25) is 0 Å². The van der Waals surface area contributed by atoms with Gasteiger partial charge in [-0.3, -0.25) is 4.79 Å². The molecule has 0 aliphatic carbocycles. The summed E-state index contributed by atoms with van der Waals surface area (Å²) in [6, 6.07) is 10.5. The van der Waals surface area contributed by atoms with Crippen LogP contribution in [0.25, 0.3) is 0 Å². The number of nitrogens with one attached hydrogen (secondary N) is 1. The molecule has 0 fully saturated rings. The van der Waals surface area contributed by atoms with Crippen molar-refractivity contribution in [2.24, 2.45) is 4.99 Å². The number of hydrogen-bond acceptors (Lipinski definition) is 4. The monoisotopic (exact) mass is 316 g/mol.